The van der Waals surface area contributed by atoms with Gasteiger partial charge in [-0.2, -0.15) is 0 Å². The molecule has 0 spiro atoms. The topological polar surface area (TPSA) is 98.7 Å². The molecule has 2 rings (SSSR count). The number of aromatic hydroxyl groups is 2. The number of carbonyl (C=O) groups excluding carboxylic acids is 2. The molecule has 0 unspecified atom stereocenters. The Kier molecular flexibility index (Phi) is 9.25. The Bertz CT molecular complexity index is 720. The third kappa shape index (κ3) is 5.94. The van der Waals surface area contributed by atoms with E-state index >= 15 is 0 Å². The van der Waals surface area contributed by atoms with E-state index in [1.54, 1.807) is 24.3 Å². The third-order valence-corrected chi connectivity index (χ3v) is 3.03. The standard InChI is InChI=1S/C16H15N2O4.CH3.Y/c1-10(20)18-14-8-12(3-5-16(14)22)6-11-2-4-15(21)13(7-11)17-9-19;;/h2-5,7-8,21-22H,6H2,1H3,(H,17,19)(H,18,20);1H3;/q2*-1;. The fraction of sp³-hybridized carbons (Fsp3) is 0.118. The molecular weight excluding hydrogens is 385 g/mol. The molecule has 0 heterocycles. The minimum absolute atomic E-state index is 0. The van der Waals surface area contributed by atoms with E-state index in [1.807, 2.05) is 0 Å². The van der Waals surface area contributed by atoms with Gasteiger partial charge in [0.2, 0.25) is 5.91 Å². The second-order valence-electron chi connectivity index (χ2n) is 4.79. The maximum atomic E-state index is 11.1. The van der Waals surface area contributed by atoms with Crippen LogP contribution in [0.4, 0.5) is 11.4 Å². The molecule has 2 aromatic rings. The van der Waals surface area contributed by atoms with Crippen LogP contribution in [0.1, 0.15) is 18.1 Å². The Morgan fingerprint density at radius 3 is 2.04 bits per heavy atom. The molecule has 0 aromatic heterocycles. The van der Waals surface area contributed by atoms with Crippen LogP contribution < -0.4 is 10.6 Å². The van der Waals surface area contributed by atoms with E-state index in [0.717, 1.165) is 11.1 Å². The van der Waals surface area contributed by atoms with Gasteiger partial charge in [-0.3, -0.25) is 4.79 Å². The first-order chi connectivity index (χ1) is 10.5. The molecule has 0 atom stereocenters. The summed E-state index contributed by atoms with van der Waals surface area (Å²) in [6.45, 7) is 1.36. The fourth-order valence-electron chi connectivity index (χ4n) is 2.07. The largest absolute Gasteiger partial charge is 0.525 e. The number of hydrogen-bond acceptors (Lipinski definition) is 4. The summed E-state index contributed by atoms with van der Waals surface area (Å²) in [4.78, 5) is 21.5. The fourth-order valence-corrected chi connectivity index (χ4v) is 2.07. The number of nitrogens with one attached hydrogen (secondary N) is 2. The molecule has 7 heteroatoms. The van der Waals surface area contributed by atoms with E-state index in [4.69, 9.17) is 0 Å². The van der Waals surface area contributed by atoms with Gasteiger partial charge in [0.1, 0.15) is 5.75 Å². The summed E-state index contributed by atoms with van der Waals surface area (Å²) >= 11 is 0. The van der Waals surface area contributed by atoms with Crippen molar-refractivity contribution in [2.24, 2.45) is 0 Å². The molecule has 0 aliphatic heterocycles. The van der Waals surface area contributed by atoms with E-state index in [-0.39, 0.29) is 63.2 Å². The summed E-state index contributed by atoms with van der Waals surface area (Å²) in [5, 5.41) is 24.1. The van der Waals surface area contributed by atoms with Crippen LogP contribution in [0, 0.1) is 7.43 Å². The van der Waals surface area contributed by atoms with Gasteiger partial charge in [0.05, 0.1) is 17.8 Å². The van der Waals surface area contributed by atoms with Gasteiger partial charge in [-0.15, -0.1) is 6.07 Å². The van der Waals surface area contributed by atoms with E-state index in [9.17, 15) is 19.8 Å². The average molecular weight is 403 g/mol. The number of hydrogen-bond donors (Lipinski definition) is 4. The van der Waals surface area contributed by atoms with Crippen LogP contribution in [-0.2, 0) is 48.7 Å². The van der Waals surface area contributed by atoms with Crippen molar-refractivity contribution in [3.8, 4) is 11.5 Å². The van der Waals surface area contributed by atoms with Crippen molar-refractivity contribution in [3.63, 3.8) is 0 Å². The van der Waals surface area contributed by atoms with E-state index in [2.05, 4.69) is 10.6 Å². The Morgan fingerprint density at radius 2 is 1.54 bits per heavy atom. The molecule has 6 nitrogen and oxygen atoms in total. The third-order valence-electron chi connectivity index (χ3n) is 3.03. The minimum Gasteiger partial charge on any atom is -0.525 e. The summed E-state index contributed by atoms with van der Waals surface area (Å²) in [6.07, 6.45) is 2.01. The van der Waals surface area contributed by atoms with Crippen LogP contribution in [-0.4, -0.2) is 22.5 Å². The summed E-state index contributed by atoms with van der Waals surface area (Å²) < 4.78 is 0. The van der Waals surface area contributed by atoms with Gasteiger partial charge in [-0.25, -0.2) is 0 Å². The van der Waals surface area contributed by atoms with Crippen LogP contribution in [0.5, 0.6) is 11.5 Å². The number of amides is 2. The predicted molar refractivity (Wildman–Crippen MR) is 89.1 cm³/mol. The molecule has 0 saturated carbocycles. The monoisotopic (exact) mass is 403 g/mol. The normalized spacial score (nSPS) is 9.21. The van der Waals surface area contributed by atoms with Crippen LogP contribution in [0.3, 0.4) is 0 Å². The van der Waals surface area contributed by atoms with E-state index < -0.39 is 0 Å². The first-order valence-corrected chi connectivity index (χ1v) is 6.54. The Morgan fingerprint density at radius 1 is 1.04 bits per heavy atom. The van der Waals surface area contributed by atoms with Gasteiger partial charge < -0.3 is 33.1 Å². The summed E-state index contributed by atoms with van der Waals surface area (Å²) in [5.41, 5.74) is 2.31. The van der Waals surface area contributed by atoms with Crippen molar-refractivity contribution in [2.75, 3.05) is 10.6 Å². The predicted octanol–water partition coefficient (Wildman–Crippen LogP) is 2.57. The molecule has 0 aliphatic carbocycles. The van der Waals surface area contributed by atoms with Crippen molar-refractivity contribution in [1.82, 2.24) is 0 Å². The average Bonchev–Trinajstić information content (AvgIpc) is 2.46. The van der Waals surface area contributed by atoms with Gasteiger partial charge in [-0.05, 0) is 30.2 Å². The van der Waals surface area contributed by atoms with E-state index in [1.165, 1.54) is 25.5 Å². The second-order valence-corrected chi connectivity index (χ2v) is 4.79. The first-order valence-electron chi connectivity index (χ1n) is 6.54. The number of phenolic OH excluding ortho intramolecular Hbond substituents is 2. The second kappa shape index (κ2) is 10.1. The maximum Gasteiger partial charge on any atom is 0.221 e. The number of anilines is 2. The smallest absolute Gasteiger partial charge is 0.221 e. The quantitative estimate of drug-likeness (QED) is 0.350. The van der Waals surface area contributed by atoms with Crippen molar-refractivity contribution >= 4 is 23.7 Å². The van der Waals surface area contributed by atoms with Gasteiger partial charge in [0.15, 0.2) is 0 Å². The van der Waals surface area contributed by atoms with Crippen molar-refractivity contribution in [1.29, 1.82) is 0 Å². The SMILES string of the molecule is CC(=O)Nc1cc(Cc2ccc(O)c(N[C-]=O)c2)ccc1O.[CH3-].[Y]. The van der Waals surface area contributed by atoms with Gasteiger partial charge >= 0.3 is 0 Å². The molecule has 1 radical (unpaired) electrons. The van der Waals surface area contributed by atoms with Gasteiger partial charge in [0.25, 0.3) is 0 Å². The number of benzene rings is 2. The van der Waals surface area contributed by atoms with Crippen LogP contribution >= 0.6 is 0 Å². The van der Waals surface area contributed by atoms with Crippen molar-refractivity contribution < 1.29 is 52.5 Å². The van der Waals surface area contributed by atoms with E-state index in [0.29, 0.717) is 12.1 Å². The Balaban J connectivity index is 0.00000264. The zero-order chi connectivity index (χ0) is 16.1. The van der Waals surface area contributed by atoms with Crippen LogP contribution in [0.25, 0.3) is 0 Å². The number of carbonyl (C=O) groups is 1. The van der Waals surface area contributed by atoms with Crippen molar-refractivity contribution in [3.05, 3.63) is 55.0 Å². The first kappa shape index (κ1) is 22.1. The molecular formula is C17H18N2O4Y-2. The molecule has 2 aromatic carbocycles. The molecule has 24 heavy (non-hydrogen) atoms. The molecule has 0 fully saturated rings. The maximum absolute atomic E-state index is 11.1. The van der Waals surface area contributed by atoms with Gasteiger partial charge in [0, 0.05) is 39.6 Å². The summed E-state index contributed by atoms with van der Waals surface area (Å²) in [6, 6.07) is 9.72. The molecule has 0 saturated heterocycles. The Labute approximate surface area is 166 Å². The van der Waals surface area contributed by atoms with Crippen molar-refractivity contribution in [2.45, 2.75) is 13.3 Å². The number of rotatable bonds is 5. The molecule has 2 amide bonds. The van der Waals surface area contributed by atoms with Gasteiger partial charge in [-0.1, -0.05) is 23.4 Å². The molecule has 0 aliphatic rings. The zero-order valence-electron chi connectivity index (χ0n) is 13.5. The minimum atomic E-state index is -0.273. The summed E-state index contributed by atoms with van der Waals surface area (Å²) in [7, 11) is 0. The molecule has 4 N–H and O–H groups in total. The number of phenols is 2. The molecule has 0 bridgehead atoms. The van der Waals surface area contributed by atoms with Crippen LogP contribution in [0.15, 0.2) is 36.4 Å². The van der Waals surface area contributed by atoms with Crippen LogP contribution in [0.2, 0.25) is 0 Å². The zero-order valence-corrected chi connectivity index (χ0v) is 16.3. The summed E-state index contributed by atoms with van der Waals surface area (Å²) in [5.74, 6) is -0.329. The molecule has 125 valence electrons. The Hall–Kier alpha value is -1.92.